The highest BCUT2D eigenvalue weighted by atomic mass is 32.1. The van der Waals surface area contributed by atoms with Crippen molar-refractivity contribution < 1.29 is 9.59 Å². The molecule has 33 heavy (non-hydrogen) atoms. The van der Waals surface area contributed by atoms with Gasteiger partial charge in [-0.1, -0.05) is 30.2 Å². The van der Waals surface area contributed by atoms with Crippen LogP contribution in [-0.2, 0) is 9.59 Å². The molecule has 2 fully saturated rings. The van der Waals surface area contributed by atoms with Crippen LogP contribution in [0.4, 0.5) is 11.4 Å². The van der Waals surface area contributed by atoms with E-state index < -0.39 is 6.04 Å². The Hall–Kier alpha value is -3.23. The van der Waals surface area contributed by atoms with Crippen LogP contribution in [0, 0.1) is 6.92 Å². The Balaban J connectivity index is 1.39. The maximum atomic E-state index is 13.6. The van der Waals surface area contributed by atoms with E-state index in [0.717, 1.165) is 48.1 Å². The van der Waals surface area contributed by atoms with E-state index in [0.29, 0.717) is 10.8 Å². The summed E-state index contributed by atoms with van der Waals surface area (Å²) < 4.78 is 0. The zero-order chi connectivity index (χ0) is 22.9. The van der Waals surface area contributed by atoms with Crippen molar-refractivity contribution in [2.45, 2.75) is 38.6 Å². The van der Waals surface area contributed by atoms with E-state index in [-0.39, 0.29) is 18.2 Å². The van der Waals surface area contributed by atoms with Gasteiger partial charge in [0.25, 0.3) is 5.91 Å². The van der Waals surface area contributed by atoms with Crippen molar-refractivity contribution in [3.63, 3.8) is 0 Å². The van der Waals surface area contributed by atoms with Crippen molar-refractivity contribution in [1.82, 2.24) is 15.0 Å². The van der Waals surface area contributed by atoms with Crippen LogP contribution >= 0.6 is 12.2 Å². The lowest BCUT2D eigenvalue weighted by molar-refractivity contribution is -0.128. The predicted octanol–water partition coefficient (Wildman–Crippen LogP) is 4.21. The molecule has 0 aliphatic carbocycles. The number of carbonyl (C=O) groups excluding carboxylic acids is 2. The number of hydrogen-bond acceptors (Lipinski definition) is 4. The van der Waals surface area contributed by atoms with E-state index >= 15 is 0 Å². The third-order valence-electron chi connectivity index (χ3n) is 6.33. The maximum Gasteiger partial charge on any atom is 0.258 e. The first kappa shape index (κ1) is 21.6. The van der Waals surface area contributed by atoms with E-state index in [4.69, 9.17) is 12.2 Å². The van der Waals surface area contributed by atoms with E-state index in [1.807, 2.05) is 66.7 Å². The van der Waals surface area contributed by atoms with Gasteiger partial charge in [0.05, 0.1) is 12.1 Å². The summed E-state index contributed by atoms with van der Waals surface area (Å²) in [4.78, 5) is 31.3. The largest absolute Gasteiger partial charge is 0.361 e. The second-order valence-corrected chi connectivity index (χ2v) is 9.06. The molecule has 2 N–H and O–H groups in total. The van der Waals surface area contributed by atoms with Crippen LogP contribution in [-0.4, -0.2) is 51.1 Å². The van der Waals surface area contributed by atoms with Crippen LogP contribution in [0.15, 0.2) is 54.7 Å². The molecular formula is C25H27N5O2S. The first-order valence-electron chi connectivity index (χ1n) is 11.4. The van der Waals surface area contributed by atoms with Gasteiger partial charge in [0.2, 0.25) is 5.91 Å². The SMILES string of the molecule is Cc1ccc(N2C(=O)C(CC(=O)Nc3ccc4cc[nH]c4c3)N(N3CCCCC3)C2=S)cc1. The Bertz CT molecular complexity index is 1200. The maximum absolute atomic E-state index is 13.6. The number of carbonyl (C=O) groups is 2. The van der Waals surface area contributed by atoms with Crippen LogP contribution in [0.5, 0.6) is 0 Å². The molecule has 2 aliphatic rings. The quantitative estimate of drug-likeness (QED) is 0.557. The molecule has 5 rings (SSSR count). The summed E-state index contributed by atoms with van der Waals surface area (Å²) in [6.45, 7) is 3.67. The van der Waals surface area contributed by atoms with Gasteiger partial charge >= 0.3 is 0 Å². The Kier molecular flexibility index (Phi) is 5.86. The first-order chi connectivity index (χ1) is 16.0. The minimum Gasteiger partial charge on any atom is -0.361 e. The van der Waals surface area contributed by atoms with E-state index in [2.05, 4.69) is 15.3 Å². The van der Waals surface area contributed by atoms with Crippen LogP contribution in [0.2, 0.25) is 0 Å². The van der Waals surface area contributed by atoms with Gasteiger partial charge in [0.15, 0.2) is 5.11 Å². The van der Waals surface area contributed by atoms with Gasteiger partial charge in [-0.05, 0) is 67.7 Å². The molecule has 3 aromatic rings. The van der Waals surface area contributed by atoms with Crippen LogP contribution < -0.4 is 10.2 Å². The molecule has 170 valence electrons. The molecule has 0 saturated carbocycles. The van der Waals surface area contributed by atoms with Crippen LogP contribution in [0.3, 0.4) is 0 Å². The number of rotatable bonds is 5. The average molecular weight is 462 g/mol. The number of amides is 2. The number of piperidine rings is 1. The number of nitrogens with zero attached hydrogens (tertiary/aromatic N) is 3. The molecule has 0 radical (unpaired) electrons. The molecule has 1 aromatic heterocycles. The molecule has 8 heteroatoms. The number of fused-ring (bicyclic) bond motifs is 1. The van der Waals surface area contributed by atoms with Gasteiger partial charge < -0.3 is 10.3 Å². The highest BCUT2D eigenvalue weighted by Gasteiger charge is 2.47. The Morgan fingerprint density at radius 3 is 2.61 bits per heavy atom. The van der Waals surface area contributed by atoms with E-state index in [1.54, 1.807) is 4.90 Å². The number of aromatic nitrogens is 1. The van der Waals surface area contributed by atoms with Gasteiger partial charge in [-0.3, -0.25) is 19.5 Å². The number of hydrazine groups is 1. The molecule has 2 saturated heterocycles. The molecule has 2 amide bonds. The van der Waals surface area contributed by atoms with Gasteiger partial charge in [-0.25, -0.2) is 5.01 Å². The zero-order valence-electron chi connectivity index (χ0n) is 18.6. The molecule has 1 atom stereocenters. The summed E-state index contributed by atoms with van der Waals surface area (Å²) in [5.41, 5.74) is 3.49. The molecule has 2 aliphatic heterocycles. The summed E-state index contributed by atoms with van der Waals surface area (Å²) in [5, 5.41) is 8.49. The summed E-state index contributed by atoms with van der Waals surface area (Å²) in [6.07, 6.45) is 5.16. The third-order valence-corrected chi connectivity index (χ3v) is 6.70. The fraction of sp³-hybridized carbons (Fsp3) is 0.320. The second kappa shape index (κ2) is 8.96. The van der Waals surface area contributed by atoms with E-state index in [9.17, 15) is 9.59 Å². The van der Waals surface area contributed by atoms with Gasteiger partial charge in [0.1, 0.15) is 6.04 Å². The lowest BCUT2D eigenvalue weighted by atomic mass is 10.1. The number of nitrogens with one attached hydrogen (secondary N) is 2. The standard InChI is InChI=1S/C25H27N5O2S/c1-17-5-9-20(10-6-17)29-24(32)22(30(25(29)33)28-13-3-2-4-14-28)16-23(31)27-19-8-7-18-11-12-26-21(18)15-19/h5-12,15,22,26H,2-4,13-14,16H2,1H3,(H,27,31). The lowest BCUT2D eigenvalue weighted by Crippen LogP contribution is -2.51. The van der Waals surface area contributed by atoms with Gasteiger partial charge in [0, 0.05) is 30.5 Å². The topological polar surface area (TPSA) is 71.7 Å². The summed E-state index contributed by atoms with van der Waals surface area (Å²) in [6, 6.07) is 14.8. The first-order valence-corrected chi connectivity index (χ1v) is 11.8. The summed E-state index contributed by atoms with van der Waals surface area (Å²) >= 11 is 5.79. The number of benzene rings is 2. The number of aromatic amines is 1. The Morgan fingerprint density at radius 1 is 1.09 bits per heavy atom. The molecule has 3 heterocycles. The van der Waals surface area contributed by atoms with Crippen molar-refractivity contribution in [3.05, 3.63) is 60.3 Å². The average Bonchev–Trinajstić information content (AvgIpc) is 3.37. The van der Waals surface area contributed by atoms with Crippen LogP contribution in [0.1, 0.15) is 31.2 Å². The molecule has 1 unspecified atom stereocenters. The number of hydrogen-bond donors (Lipinski definition) is 2. The minimum atomic E-state index is -0.661. The van der Waals surface area contributed by atoms with Crippen molar-refractivity contribution in [1.29, 1.82) is 0 Å². The van der Waals surface area contributed by atoms with Crippen molar-refractivity contribution in [3.8, 4) is 0 Å². The zero-order valence-corrected chi connectivity index (χ0v) is 19.4. The normalized spacial score (nSPS) is 19.5. The van der Waals surface area contributed by atoms with Gasteiger partial charge in [-0.2, -0.15) is 0 Å². The van der Waals surface area contributed by atoms with Crippen molar-refractivity contribution in [2.24, 2.45) is 0 Å². The smallest absolute Gasteiger partial charge is 0.258 e. The summed E-state index contributed by atoms with van der Waals surface area (Å²) in [7, 11) is 0. The number of aryl methyl sites for hydroxylation is 1. The fourth-order valence-electron chi connectivity index (χ4n) is 4.61. The van der Waals surface area contributed by atoms with Crippen LogP contribution in [0.25, 0.3) is 10.9 Å². The predicted molar refractivity (Wildman–Crippen MR) is 134 cm³/mol. The lowest BCUT2D eigenvalue weighted by Gasteiger charge is -2.38. The highest BCUT2D eigenvalue weighted by molar-refractivity contribution is 7.80. The second-order valence-electron chi connectivity index (χ2n) is 8.70. The summed E-state index contributed by atoms with van der Waals surface area (Å²) in [5.74, 6) is -0.376. The van der Waals surface area contributed by atoms with Crippen molar-refractivity contribution in [2.75, 3.05) is 23.3 Å². The van der Waals surface area contributed by atoms with Gasteiger partial charge in [-0.15, -0.1) is 0 Å². The highest BCUT2D eigenvalue weighted by Crippen LogP contribution is 2.30. The molecular weight excluding hydrogens is 434 g/mol. The number of H-pyrrole nitrogens is 1. The number of anilines is 2. The molecule has 0 spiro atoms. The molecule has 0 bridgehead atoms. The molecule has 2 aromatic carbocycles. The van der Waals surface area contributed by atoms with Crippen molar-refractivity contribution >= 4 is 51.4 Å². The van der Waals surface area contributed by atoms with E-state index in [1.165, 1.54) is 6.42 Å². The monoisotopic (exact) mass is 461 g/mol. The Morgan fingerprint density at radius 2 is 1.85 bits per heavy atom. The molecule has 7 nitrogen and oxygen atoms in total. The third kappa shape index (κ3) is 4.24. The Labute approximate surface area is 198 Å². The minimum absolute atomic E-state index is 0.0284. The number of thiocarbonyl (C=S) groups is 1. The fourth-order valence-corrected chi connectivity index (χ4v) is 5.05.